The van der Waals surface area contributed by atoms with Crippen molar-refractivity contribution in [3.8, 4) is 0 Å². The molecule has 0 aliphatic rings. The number of rotatable bonds is 10. The summed E-state index contributed by atoms with van der Waals surface area (Å²) in [6, 6.07) is 27.0. The lowest BCUT2D eigenvalue weighted by Gasteiger charge is -2.11. The van der Waals surface area contributed by atoms with Crippen molar-refractivity contribution >= 4 is 39.7 Å². The normalized spacial score (nSPS) is 9.52. The van der Waals surface area contributed by atoms with Gasteiger partial charge >= 0.3 is 0 Å². The molecule has 0 aliphatic heterocycles. The third kappa shape index (κ3) is 7.22. The van der Waals surface area contributed by atoms with Gasteiger partial charge in [-0.05, 0) is 67.7 Å². The highest BCUT2D eigenvalue weighted by Gasteiger charge is 2.11. The van der Waals surface area contributed by atoms with E-state index in [4.69, 9.17) is 22.1 Å². The van der Waals surface area contributed by atoms with E-state index in [1.165, 1.54) is 12.2 Å². The van der Waals surface area contributed by atoms with Crippen LogP contribution in [-0.4, -0.2) is 5.78 Å². The standard InChI is InChI=1S/C29H18N12O/c30-38-34-23-9-1-19(2-10-23)28(20-3-11-24(12-4-20)35-39-31)17-27(42)18-29(21-5-13-25(14-6-21)36-40-32)22-7-15-26(16-8-22)37-41-33/h1-18H. The molecule has 0 fully saturated rings. The van der Waals surface area contributed by atoms with Crippen LogP contribution in [0.1, 0.15) is 22.3 Å². The Labute approximate surface area is 238 Å². The van der Waals surface area contributed by atoms with Gasteiger partial charge in [-0.2, -0.15) is 0 Å². The molecule has 13 nitrogen and oxygen atoms in total. The van der Waals surface area contributed by atoms with Gasteiger partial charge in [0.2, 0.25) is 0 Å². The van der Waals surface area contributed by atoms with Gasteiger partial charge in [-0.25, -0.2) is 0 Å². The van der Waals surface area contributed by atoms with Crippen LogP contribution >= 0.6 is 0 Å². The van der Waals surface area contributed by atoms with E-state index in [0.717, 1.165) is 0 Å². The van der Waals surface area contributed by atoms with E-state index in [-0.39, 0.29) is 5.78 Å². The number of carbonyl (C=O) groups excluding carboxylic acids is 1. The van der Waals surface area contributed by atoms with Crippen LogP contribution in [0.25, 0.3) is 52.9 Å². The summed E-state index contributed by atoms with van der Waals surface area (Å²) in [6.07, 6.45) is 2.96. The van der Waals surface area contributed by atoms with E-state index in [0.29, 0.717) is 56.1 Å². The van der Waals surface area contributed by atoms with Gasteiger partial charge in [-0.15, -0.1) is 0 Å². The Balaban J connectivity index is 1.84. The van der Waals surface area contributed by atoms with Gasteiger partial charge in [0.05, 0.1) is 0 Å². The minimum Gasteiger partial charge on any atom is -0.290 e. The molecule has 0 aromatic heterocycles. The maximum absolute atomic E-state index is 13.6. The summed E-state index contributed by atoms with van der Waals surface area (Å²) < 4.78 is 0. The molecule has 0 atom stereocenters. The third-order valence-electron chi connectivity index (χ3n) is 5.93. The molecule has 0 saturated carbocycles. The highest BCUT2D eigenvalue weighted by molar-refractivity contribution is 6.11. The number of allylic oxidation sites excluding steroid dienone is 2. The summed E-state index contributed by atoms with van der Waals surface area (Å²) >= 11 is 0. The lowest BCUT2D eigenvalue weighted by molar-refractivity contribution is -0.110. The molecule has 0 heterocycles. The van der Waals surface area contributed by atoms with Gasteiger partial charge in [0.15, 0.2) is 5.78 Å². The summed E-state index contributed by atoms with van der Waals surface area (Å²) in [5.74, 6) is -0.337. The SMILES string of the molecule is [N-]=[N+]=Nc1ccc(C(=CC(=O)C=C(c2ccc(N=[N+]=[N-])cc2)c2ccc(N=[N+]=[N-])cc2)c2ccc(N=[N+]=[N-])cc2)cc1. The van der Waals surface area contributed by atoms with E-state index in [9.17, 15) is 4.79 Å². The molecule has 0 unspecified atom stereocenters. The van der Waals surface area contributed by atoms with Crippen LogP contribution in [0.5, 0.6) is 0 Å². The average Bonchev–Trinajstić information content (AvgIpc) is 3.01. The van der Waals surface area contributed by atoms with Crippen molar-refractivity contribution in [2.24, 2.45) is 20.5 Å². The second kappa shape index (κ2) is 13.9. The van der Waals surface area contributed by atoms with E-state index in [1.807, 2.05) is 0 Å². The smallest absolute Gasteiger partial charge is 0.179 e. The van der Waals surface area contributed by atoms with E-state index >= 15 is 0 Å². The topological polar surface area (TPSA) is 212 Å². The lowest BCUT2D eigenvalue weighted by atomic mass is 9.93. The van der Waals surface area contributed by atoms with Crippen molar-refractivity contribution in [3.63, 3.8) is 0 Å². The zero-order valence-corrected chi connectivity index (χ0v) is 21.7. The molecule has 0 radical (unpaired) electrons. The fourth-order valence-corrected chi connectivity index (χ4v) is 4.03. The zero-order valence-electron chi connectivity index (χ0n) is 21.7. The maximum atomic E-state index is 13.6. The number of hydrogen-bond acceptors (Lipinski definition) is 5. The molecule has 200 valence electrons. The van der Waals surface area contributed by atoms with Crippen LogP contribution in [0.2, 0.25) is 0 Å². The first-order valence-corrected chi connectivity index (χ1v) is 12.1. The predicted octanol–water partition coefficient (Wildman–Crippen LogP) is 10.6. The van der Waals surface area contributed by atoms with Gasteiger partial charge in [-0.1, -0.05) is 118 Å². The quantitative estimate of drug-likeness (QED) is 0.0800. The van der Waals surface area contributed by atoms with Crippen molar-refractivity contribution in [1.82, 2.24) is 0 Å². The van der Waals surface area contributed by atoms with Crippen molar-refractivity contribution in [3.05, 3.63) is 173 Å². The predicted molar refractivity (Wildman–Crippen MR) is 160 cm³/mol. The van der Waals surface area contributed by atoms with Crippen LogP contribution in [0.4, 0.5) is 22.7 Å². The number of ketones is 1. The Hall–Kier alpha value is -6.73. The lowest BCUT2D eigenvalue weighted by Crippen LogP contribution is -1.97. The molecule has 4 aromatic rings. The largest absolute Gasteiger partial charge is 0.290 e. The summed E-state index contributed by atoms with van der Waals surface area (Å²) in [7, 11) is 0. The number of azide groups is 4. The van der Waals surface area contributed by atoms with Gasteiger partial charge in [0, 0.05) is 42.4 Å². The maximum Gasteiger partial charge on any atom is 0.179 e. The first-order chi connectivity index (χ1) is 20.5. The van der Waals surface area contributed by atoms with Crippen molar-refractivity contribution in [2.75, 3.05) is 0 Å². The third-order valence-corrected chi connectivity index (χ3v) is 5.93. The molecule has 0 amide bonds. The molecular formula is C29H18N12O. The first-order valence-electron chi connectivity index (χ1n) is 12.1. The van der Waals surface area contributed by atoms with E-state index in [1.54, 1.807) is 97.1 Å². The Morgan fingerprint density at radius 3 is 0.833 bits per heavy atom. The molecule has 0 spiro atoms. The molecule has 0 N–H and O–H groups in total. The van der Waals surface area contributed by atoms with Crippen LogP contribution < -0.4 is 0 Å². The molecule has 13 heteroatoms. The summed E-state index contributed by atoms with van der Waals surface area (Å²) in [5.41, 5.74) is 40.5. The van der Waals surface area contributed by atoms with E-state index in [2.05, 4.69) is 40.1 Å². The first kappa shape index (κ1) is 28.3. The molecule has 4 aromatic carbocycles. The number of carbonyl (C=O) groups is 1. The van der Waals surface area contributed by atoms with Crippen LogP contribution in [0, 0.1) is 0 Å². The van der Waals surface area contributed by atoms with Crippen molar-refractivity contribution in [2.45, 2.75) is 0 Å². The zero-order chi connectivity index (χ0) is 29.7. The van der Waals surface area contributed by atoms with Gasteiger partial charge in [0.25, 0.3) is 0 Å². The Kier molecular flexibility index (Phi) is 9.35. The van der Waals surface area contributed by atoms with Crippen LogP contribution in [-0.2, 0) is 4.79 Å². The van der Waals surface area contributed by atoms with Gasteiger partial charge < -0.3 is 0 Å². The highest BCUT2D eigenvalue weighted by atomic mass is 16.1. The fourth-order valence-electron chi connectivity index (χ4n) is 4.03. The monoisotopic (exact) mass is 550 g/mol. The molecular weight excluding hydrogens is 532 g/mol. The molecule has 0 saturated heterocycles. The van der Waals surface area contributed by atoms with Crippen LogP contribution in [0.3, 0.4) is 0 Å². The van der Waals surface area contributed by atoms with E-state index < -0.39 is 0 Å². The number of nitrogens with zero attached hydrogens (tertiary/aromatic N) is 12. The molecule has 0 bridgehead atoms. The Bertz CT molecular complexity index is 1600. The molecule has 42 heavy (non-hydrogen) atoms. The van der Waals surface area contributed by atoms with Crippen molar-refractivity contribution in [1.29, 1.82) is 0 Å². The fraction of sp³-hybridized carbons (Fsp3) is 0. The Morgan fingerprint density at radius 1 is 0.429 bits per heavy atom. The van der Waals surface area contributed by atoms with Crippen LogP contribution in [0.15, 0.2) is 130 Å². The second-order valence-electron chi connectivity index (χ2n) is 8.46. The summed E-state index contributed by atoms with van der Waals surface area (Å²) in [4.78, 5) is 24.8. The van der Waals surface area contributed by atoms with Crippen molar-refractivity contribution < 1.29 is 4.79 Å². The number of hydrogen-bond donors (Lipinski definition) is 0. The number of benzene rings is 4. The highest BCUT2D eigenvalue weighted by Crippen LogP contribution is 2.30. The molecule has 0 aliphatic carbocycles. The van der Waals surface area contributed by atoms with Gasteiger partial charge in [0.1, 0.15) is 0 Å². The minimum atomic E-state index is -0.337. The average molecular weight is 551 g/mol. The summed E-state index contributed by atoms with van der Waals surface area (Å²) in [6.45, 7) is 0. The molecule has 4 rings (SSSR count). The summed E-state index contributed by atoms with van der Waals surface area (Å²) in [5, 5.41) is 14.4. The Morgan fingerprint density at radius 2 is 0.643 bits per heavy atom. The van der Waals surface area contributed by atoms with Gasteiger partial charge in [-0.3, -0.25) is 4.79 Å². The minimum absolute atomic E-state index is 0.337. The second-order valence-corrected chi connectivity index (χ2v) is 8.46.